The molecule has 0 saturated carbocycles. The lowest BCUT2D eigenvalue weighted by molar-refractivity contribution is 0.629. The van der Waals surface area contributed by atoms with Gasteiger partial charge in [-0.2, -0.15) is 0 Å². The molecule has 0 bridgehead atoms. The van der Waals surface area contributed by atoms with Gasteiger partial charge in [0, 0.05) is 19.8 Å². The van der Waals surface area contributed by atoms with Gasteiger partial charge >= 0.3 is 5.69 Å². The Balaban J connectivity index is 2.44. The molecule has 25 heavy (non-hydrogen) atoms. The van der Waals surface area contributed by atoms with E-state index in [0.29, 0.717) is 10.8 Å². The van der Waals surface area contributed by atoms with Crippen molar-refractivity contribution >= 4 is 22.8 Å². The number of benzene rings is 1. The molecule has 0 spiro atoms. The third-order valence-corrected chi connectivity index (χ3v) is 4.69. The van der Waals surface area contributed by atoms with Gasteiger partial charge in [0.25, 0.3) is 5.56 Å². The minimum absolute atomic E-state index is 0.125. The number of nitrogens with zero attached hydrogens (tertiary/aromatic N) is 4. The number of fused-ring (bicyclic) bond motifs is 1. The van der Waals surface area contributed by atoms with Crippen LogP contribution in [-0.2, 0) is 14.1 Å². The van der Waals surface area contributed by atoms with Crippen LogP contribution >= 0.6 is 11.8 Å². The highest BCUT2D eigenvalue weighted by Crippen LogP contribution is 2.27. The molecule has 0 saturated heterocycles. The highest BCUT2D eigenvalue weighted by atomic mass is 32.2. The van der Waals surface area contributed by atoms with Crippen LogP contribution in [0.1, 0.15) is 0 Å². The molecule has 0 aliphatic heterocycles. The Morgan fingerprint density at radius 2 is 1.92 bits per heavy atom. The van der Waals surface area contributed by atoms with Crippen LogP contribution in [-0.4, -0.2) is 24.9 Å². The van der Waals surface area contributed by atoms with Gasteiger partial charge in [-0.1, -0.05) is 18.2 Å². The van der Waals surface area contributed by atoms with Crippen LogP contribution in [0.3, 0.4) is 0 Å². The van der Waals surface area contributed by atoms with Crippen molar-refractivity contribution in [2.75, 3.05) is 5.75 Å². The fraction of sp³-hybridized carbons (Fsp3) is 0.176. The lowest BCUT2D eigenvalue weighted by Gasteiger charge is -2.11. The zero-order valence-corrected chi connectivity index (χ0v) is 14.5. The average Bonchev–Trinajstić information content (AvgIpc) is 2.62. The molecule has 128 valence electrons. The summed E-state index contributed by atoms with van der Waals surface area (Å²) in [5.74, 6) is 0.158. The molecule has 2 heterocycles. The number of hydrogen-bond acceptors (Lipinski definition) is 5. The molecule has 0 amide bonds. The van der Waals surface area contributed by atoms with Gasteiger partial charge in [-0.05, 0) is 12.1 Å². The highest BCUT2D eigenvalue weighted by Gasteiger charge is 2.18. The minimum Gasteiger partial charge on any atom is -0.280 e. The van der Waals surface area contributed by atoms with Crippen molar-refractivity contribution in [3.8, 4) is 11.4 Å². The molecule has 6 nitrogen and oxygen atoms in total. The second kappa shape index (κ2) is 6.64. The second-order valence-corrected chi connectivity index (χ2v) is 6.34. The zero-order chi connectivity index (χ0) is 18.1. The molecule has 3 rings (SSSR count). The predicted octanol–water partition coefficient (Wildman–Crippen LogP) is 2.11. The lowest BCUT2D eigenvalue weighted by atomic mass is 10.2. The van der Waals surface area contributed by atoms with Gasteiger partial charge in [0.15, 0.2) is 11.5 Å². The first kappa shape index (κ1) is 17.1. The third-order valence-electron chi connectivity index (χ3n) is 3.72. The standard InChI is InChI=1S/C17H15FN4O2S/c1-4-9-25-15-12-14(21(2)17(24)22(3)16(12)23)19-13(20-15)10-7-5-6-8-11(10)18/h4-8H,1,9H2,2-3H3. The van der Waals surface area contributed by atoms with Crippen LogP contribution < -0.4 is 11.2 Å². The van der Waals surface area contributed by atoms with Gasteiger partial charge in [0.2, 0.25) is 0 Å². The first-order valence-electron chi connectivity index (χ1n) is 7.42. The molecule has 0 atom stereocenters. The number of halogens is 1. The summed E-state index contributed by atoms with van der Waals surface area (Å²) in [5.41, 5.74) is -0.606. The summed E-state index contributed by atoms with van der Waals surface area (Å²) in [4.78, 5) is 33.4. The van der Waals surface area contributed by atoms with Gasteiger partial charge in [-0.15, -0.1) is 18.3 Å². The fourth-order valence-electron chi connectivity index (χ4n) is 2.43. The average molecular weight is 358 g/mol. The SMILES string of the molecule is C=CCSc1nc(-c2ccccc2F)nc2c1c(=O)n(C)c(=O)n2C. The molecule has 0 radical (unpaired) electrons. The van der Waals surface area contributed by atoms with E-state index in [2.05, 4.69) is 16.5 Å². The summed E-state index contributed by atoms with van der Waals surface area (Å²) in [7, 11) is 2.92. The minimum atomic E-state index is -0.504. The highest BCUT2D eigenvalue weighted by molar-refractivity contribution is 7.99. The van der Waals surface area contributed by atoms with E-state index in [4.69, 9.17) is 0 Å². The van der Waals surface area contributed by atoms with Gasteiger partial charge < -0.3 is 0 Å². The first-order chi connectivity index (χ1) is 12.0. The molecular weight excluding hydrogens is 343 g/mol. The maximum absolute atomic E-state index is 14.1. The van der Waals surface area contributed by atoms with E-state index in [1.54, 1.807) is 24.3 Å². The molecular formula is C17H15FN4O2S. The van der Waals surface area contributed by atoms with E-state index in [-0.39, 0.29) is 22.4 Å². The Morgan fingerprint density at radius 3 is 2.60 bits per heavy atom. The Hall–Kier alpha value is -2.74. The van der Waals surface area contributed by atoms with Crippen molar-refractivity contribution < 1.29 is 4.39 Å². The molecule has 0 aliphatic rings. The van der Waals surface area contributed by atoms with Gasteiger partial charge in [-0.25, -0.2) is 19.2 Å². The van der Waals surface area contributed by atoms with Crippen molar-refractivity contribution in [1.29, 1.82) is 0 Å². The predicted molar refractivity (Wildman–Crippen MR) is 96.3 cm³/mol. The summed E-state index contributed by atoms with van der Waals surface area (Å²) >= 11 is 1.28. The smallest absolute Gasteiger partial charge is 0.280 e. The van der Waals surface area contributed by atoms with Gasteiger partial charge in [0.1, 0.15) is 16.2 Å². The van der Waals surface area contributed by atoms with Gasteiger partial charge in [-0.3, -0.25) is 13.9 Å². The van der Waals surface area contributed by atoms with Crippen molar-refractivity contribution in [2.24, 2.45) is 14.1 Å². The Kier molecular flexibility index (Phi) is 4.54. The van der Waals surface area contributed by atoms with Crippen molar-refractivity contribution in [3.05, 3.63) is 63.6 Å². The Bertz CT molecular complexity index is 1100. The zero-order valence-electron chi connectivity index (χ0n) is 13.7. The van der Waals surface area contributed by atoms with Gasteiger partial charge in [0.05, 0.1) is 5.56 Å². The van der Waals surface area contributed by atoms with E-state index in [0.717, 1.165) is 4.57 Å². The quantitative estimate of drug-likeness (QED) is 0.406. The fourth-order valence-corrected chi connectivity index (χ4v) is 3.18. The monoisotopic (exact) mass is 358 g/mol. The topological polar surface area (TPSA) is 69.8 Å². The number of aromatic nitrogens is 4. The van der Waals surface area contributed by atoms with Crippen molar-refractivity contribution in [3.63, 3.8) is 0 Å². The van der Waals surface area contributed by atoms with Crippen LogP contribution in [0.15, 0.2) is 51.5 Å². The van der Waals surface area contributed by atoms with Crippen LogP contribution in [0.4, 0.5) is 4.39 Å². The number of thioether (sulfide) groups is 1. The number of aryl methyl sites for hydroxylation is 1. The second-order valence-electron chi connectivity index (χ2n) is 5.34. The molecule has 3 aromatic rings. The van der Waals surface area contributed by atoms with E-state index >= 15 is 0 Å². The lowest BCUT2D eigenvalue weighted by Crippen LogP contribution is -2.37. The normalized spacial score (nSPS) is 11.0. The van der Waals surface area contributed by atoms with Crippen LogP contribution in [0.25, 0.3) is 22.4 Å². The van der Waals surface area contributed by atoms with E-state index in [1.807, 2.05) is 0 Å². The van der Waals surface area contributed by atoms with E-state index in [9.17, 15) is 14.0 Å². The summed E-state index contributed by atoms with van der Waals surface area (Å²) < 4.78 is 16.4. The first-order valence-corrected chi connectivity index (χ1v) is 8.40. The van der Waals surface area contributed by atoms with Crippen molar-refractivity contribution in [1.82, 2.24) is 19.1 Å². The molecule has 8 heteroatoms. The van der Waals surface area contributed by atoms with E-state index < -0.39 is 17.1 Å². The summed E-state index contributed by atoms with van der Waals surface area (Å²) in [6.07, 6.45) is 1.67. The summed E-state index contributed by atoms with van der Waals surface area (Å²) in [5, 5.41) is 0.621. The van der Waals surface area contributed by atoms with Crippen LogP contribution in [0.2, 0.25) is 0 Å². The molecule has 0 N–H and O–H groups in total. The largest absolute Gasteiger partial charge is 0.332 e. The maximum Gasteiger partial charge on any atom is 0.332 e. The Morgan fingerprint density at radius 1 is 1.20 bits per heavy atom. The molecule has 0 fully saturated rings. The van der Waals surface area contributed by atoms with Crippen LogP contribution in [0, 0.1) is 5.82 Å². The maximum atomic E-state index is 14.1. The molecule has 1 aromatic carbocycles. The number of hydrogen-bond donors (Lipinski definition) is 0. The van der Waals surface area contributed by atoms with Crippen molar-refractivity contribution in [2.45, 2.75) is 5.03 Å². The number of rotatable bonds is 4. The van der Waals surface area contributed by atoms with E-state index in [1.165, 1.54) is 36.5 Å². The summed E-state index contributed by atoms with van der Waals surface area (Å²) in [6, 6.07) is 6.10. The molecule has 0 unspecified atom stereocenters. The molecule has 0 aliphatic carbocycles. The Labute approximate surface area is 146 Å². The summed E-state index contributed by atoms with van der Waals surface area (Å²) in [6.45, 7) is 3.66. The van der Waals surface area contributed by atoms with Crippen LogP contribution in [0.5, 0.6) is 0 Å². The molecule has 2 aromatic heterocycles. The third kappa shape index (κ3) is 2.89.